The predicted molar refractivity (Wildman–Crippen MR) is 55.0 cm³/mol. The summed E-state index contributed by atoms with van der Waals surface area (Å²) in [5.74, 6) is 0.0920. The van der Waals surface area contributed by atoms with Crippen LogP contribution in [0, 0.1) is 0 Å². The molecule has 82 valence electrons. The van der Waals surface area contributed by atoms with Crippen LogP contribution in [0.4, 0.5) is 0 Å². The summed E-state index contributed by atoms with van der Waals surface area (Å²) in [5.41, 5.74) is 0. The van der Waals surface area contributed by atoms with E-state index in [0.29, 0.717) is 19.1 Å². The van der Waals surface area contributed by atoms with Crippen LogP contribution in [0.3, 0.4) is 0 Å². The molecule has 0 radical (unpaired) electrons. The van der Waals surface area contributed by atoms with Gasteiger partial charge in [0.25, 0.3) is 0 Å². The topological polar surface area (TPSA) is 52.6 Å². The lowest BCUT2D eigenvalue weighted by Gasteiger charge is -2.19. The molecular weight excluding hydrogens is 180 g/mol. The average molecular weight is 200 g/mol. The molecule has 4 heteroatoms. The van der Waals surface area contributed by atoms with Crippen molar-refractivity contribution >= 4 is 5.91 Å². The van der Waals surface area contributed by atoms with E-state index in [9.17, 15) is 4.79 Å². The van der Waals surface area contributed by atoms with Crippen molar-refractivity contribution in [3.8, 4) is 0 Å². The normalized spacial score (nSPS) is 15.9. The molecule has 0 atom stereocenters. The third-order valence-corrected chi connectivity index (χ3v) is 2.27. The van der Waals surface area contributed by atoms with Crippen molar-refractivity contribution in [2.75, 3.05) is 26.2 Å². The zero-order valence-corrected chi connectivity index (χ0v) is 8.83. The van der Waals surface area contributed by atoms with Gasteiger partial charge in [-0.1, -0.05) is 6.92 Å². The van der Waals surface area contributed by atoms with E-state index in [0.717, 1.165) is 25.8 Å². The number of aliphatic hydroxyl groups is 1. The van der Waals surface area contributed by atoms with Gasteiger partial charge >= 0.3 is 0 Å². The first-order valence-electron chi connectivity index (χ1n) is 5.38. The first-order valence-corrected chi connectivity index (χ1v) is 5.38. The molecule has 0 aliphatic heterocycles. The smallest absolute Gasteiger partial charge is 0.234 e. The Morgan fingerprint density at radius 1 is 1.50 bits per heavy atom. The Labute approximate surface area is 85.3 Å². The molecule has 1 aliphatic carbocycles. The lowest BCUT2D eigenvalue weighted by atomic mass is 10.4. The summed E-state index contributed by atoms with van der Waals surface area (Å²) in [5, 5.41) is 11.7. The molecule has 14 heavy (non-hydrogen) atoms. The third-order valence-electron chi connectivity index (χ3n) is 2.27. The van der Waals surface area contributed by atoms with Gasteiger partial charge in [-0.3, -0.25) is 9.69 Å². The Kier molecular flexibility index (Phi) is 4.90. The Balaban J connectivity index is 2.17. The summed E-state index contributed by atoms with van der Waals surface area (Å²) >= 11 is 0. The van der Waals surface area contributed by atoms with Gasteiger partial charge in [0.15, 0.2) is 0 Å². The third kappa shape index (κ3) is 4.58. The number of carbonyl (C=O) groups excluding carboxylic acids is 1. The van der Waals surface area contributed by atoms with Gasteiger partial charge in [-0.25, -0.2) is 0 Å². The van der Waals surface area contributed by atoms with Gasteiger partial charge in [0.2, 0.25) is 5.91 Å². The van der Waals surface area contributed by atoms with E-state index in [-0.39, 0.29) is 12.5 Å². The molecule has 0 aromatic rings. The zero-order chi connectivity index (χ0) is 10.4. The van der Waals surface area contributed by atoms with Crippen LogP contribution in [-0.4, -0.2) is 48.2 Å². The van der Waals surface area contributed by atoms with Gasteiger partial charge in [0.05, 0.1) is 13.2 Å². The van der Waals surface area contributed by atoms with Crippen LogP contribution in [0.25, 0.3) is 0 Å². The Morgan fingerprint density at radius 2 is 2.21 bits per heavy atom. The molecule has 0 aromatic heterocycles. The number of carbonyl (C=O) groups is 1. The monoisotopic (exact) mass is 200 g/mol. The average Bonchev–Trinajstić information content (AvgIpc) is 2.89. The van der Waals surface area contributed by atoms with E-state index >= 15 is 0 Å². The van der Waals surface area contributed by atoms with Crippen molar-refractivity contribution in [1.29, 1.82) is 0 Å². The SMILES string of the molecule is CCCN(CCO)CC(=O)NC1CC1. The summed E-state index contributed by atoms with van der Waals surface area (Å²) in [6.07, 6.45) is 3.26. The summed E-state index contributed by atoms with van der Waals surface area (Å²) in [4.78, 5) is 13.4. The number of hydrogen-bond donors (Lipinski definition) is 2. The van der Waals surface area contributed by atoms with Gasteiger partial charge < -0.3 is 10.4 Å². The van der Waals surface area contributed by atoms with E-state index in [2.05, 4.69) is 12.2 Å². The Morgan fingerprint density at radius 3 is 2.71 bits per heavy atom. The fourth-order valence-corrected chi connectivity index (χ4v) is 1.43. The Hall–Kier alpha value is -0.610. The molecule has 0 aromatic carbocycles. The van der Waals surface area contributed by atoms with Crippen LogP contribution in [-0.2, 0) is 4.79 Å². The lowest BCUT2D eigenvalue weighted by Crippen LogP contribution is -2.39. The van der Waals surface area contributed by atoms with Crippen molar-refractivity contribution in [2.45, 2.75) is 32.2 Å². The molecule has 0 unspecified atom stereocenters. The van der Waals surface area contributed by atoms with Crippen molar-refractivity contribution in [3.05, 3.63) is 0 Å². The first-order chi connectivity index (χ1) is 6.76. The molecule has 4 nitrogen and oxygen atoms in total. The number of nitrogens with one attached hydrogen (secondary N) is 1. The second-order valence-electron chi connectivity index (χ2n) is 3.84. The second-order valence-corrected chi connectivity index (χ2v) is 3.84. The zero-order valence-electron chi connectivity index (χ0n) is 8.83. The van der Waals surface area contributed by atoms with Gasteiger partial charge in [-0.2, -0.15) is 0 Å². The predicted octanol–water partition coefficient (Wildman–Crippen LogP) is -0.0307. The Bertz CT molecular complexity index is 175. The van der Waals surface area contributed by atoms with Crippen LogP contribution in [0.5, 0.6) is 0 Å². The number of hydrogen-bond acceptors (Lipinski definition) is 3. The van der Waals surface area contributed by atoms with E-state index < -0.39 is 0 Å². The maximum Gasteiger partial charge on any atom is 0.234 e. The number of aliphatic hydroxyl groups excluding tert-OH is 1. The van der Waals surface area contributed by atoms with Crippen LogP contribution < -0.4 is 5.32 Å². The molecule has 0 bridgehead atoms. The van der Waals surface area contributed by atoms with Crippen LogP contribution in [0.2, 0.25) is 0 Å². The van der Waals surface area contributed by atoms with Crippen molar-refractivity contribution in [3.63, 3.8) is 0 Å². The summed E-state index contributed by atoms with van der Waals surface area (Å²) < 4.78 is 0. The second kappa shape index (κ2) is 5.98. The van der Waals surface area contributed by atoms with E-state index in [4.69, 9.17) is 5.11 Å². The summed E-state index contributed by atoms with van der Waals surface area (Å²) in [6, 6.07) is 0.431. The molecule has 0 spiro atoms. The molecule has 0 saturated heterocycles. The standard InChI is InChI=1S/C10H20N2O2/c1-2-5-12(6-7-13)8-10(14)11-9-3-4-9/h9,13H,2-8H2,1H3,(H,11,14). The summed E-state index contributed by atoms with van der Waals surface area (Å²) in [7, 11) is 0. The highest BCUT2D eigenvalue weighted by Crippen LogP contribution is 2.18. The van der Waals surface area contributed by atoms with Crippen molar-refractivity contribution < 1.29 is 9.90 Å². The molecular formula is C10H20N2O2. The van der Waals surface area contributed by atoms with Gasteiger partial charge in [-0.05, 0) is 25.8 Å². The largest absolute Gasteiger partial charge is 0.395 e. The van der Waals surface area contributed by atoms with E-state index in [1.165, 1.54) is 0 Å². The summed E-state index contributed by atoms with van der Waals surface area (Å²) in [6.45, 7) is 4.08. The van der Waals surface area contributed by atoms with Crippen molar-refractivity contribution in [2.24, 2.45) is 0 Å². The first kappa shape index (κ1) is 11.5. The van der Waals surface area contributed by atoms with E-state index in [1.54, 1.807) is 0 Å². The van der Waals surface area contributed by atoms with Crippen LogP contribution in [0.1, 0.15) is 26.2 Å². The van der Waals surface area contributed by atoms with Gasteiger partial charge in [-0.15, -0.1) is 0 Å². The minimum absolute atomic E-state index is 0.0920. The minimum atomic E-state index is 0.0920. The highest BCUT2D eigenvalue weighted by molar-refractivity contribution is 5.78. The lowest BCUT2D eigenvalue weighted by molar-refractivity contribution is -0.122. The van der Waals surface area contributed by atoms with Gasteiger partial charge in [0.1, 0.15) is 0 Å². The maximum atomic E-state index is 11.4. The minimum Gasteiger partial charge on any atom is -0.395 e. The molecule has 1 aliphatic rings. The number of rotatable bonds is 7. The molecule has 1 rings (SSSR count). The van der Waals surface area contributed by atoms with Crippen LogP contribution in [0.15, 0.2) is 0 Å². The fraction of sp³-hybridized carbons (Fsp3) is 0.900. The van der Waals surface area contributed by atoms with Gasteiger partial charge in [0, 0.05) is 12.6 Å². The highest BCUT2D eigenvalue weighted by atomic mass is 16.3. The van der Waals surface area contributed by atoms with Crippen LogP contribution >= 0.6 is 0 Å². The quantitative estimate of drug-likeness (QED) is 0.607. The molecule has 1 saturated carbocycles. The van der Waals surface area contributed by atoms with E-state index in [1.807, 2.05) is 4.90 Å². The number of amides is 1. The molecule has 1 fully saturated rings. The molecule has 0 heterocycles. The number of nitrogens with zero attached hydrogens (tertiary/aromatic N) is 1. The molecule has 2 N–H and O–H groups in total. The fourth-order valence-electron chi connectivity index (χ4n) is 1.43. The molecule has 1 amide bonds. The highest BCUT2D eigenvalue weighted by Gasteiger charge is 2.23. The van der Waals surface area contributed by atoms with Crippen molar-refractivity contribution in [1.82, 2.24) is 10.2 Å². The maximum absolute atomic E-state index is 11.4.